The minimum atomic E-state index is -0.513. The lowest BCUT2D eigenvalue weighted by atomic mass is 10.2. The first-order valence-corrected chi connectivity index (χ1v) is 6.10. The maximum Gasteiger partial charge on any atom is 0.376 e. The van der Waals surface area contributed by atoms with E-state index in [-0.39, 0.29) is 5.82 Å². The summed E-state index contributed by atoms with van der Waals surface area (Å²) in [6, 6.07) is 2.29. The minimum Gasteiger partial charge on any atom is -0.463 e. The van der Waals surface area contributed by atoms with E-state index in [0.29, 0.717) is 11.9 Å². The van der Waals surface area contributed by atoms with Crippen molar-refractivity contribution >= 4 is 11.8 Å². The van der Waals surface area contributed by atoms with Crippen molar-refractivity contribution in [3.8, 4) is 0 Å². The Bertz CT molecular complexity index is 430. The van der Waals surface area contributed by atoms with E-state index in [2.05, 4.69) is 25.3 Å². The third kappa shape index (κ3) is 3.16. The highest BCUT2D eigenvalue weighted by Gasteiger charge is 2.15. The summed E-state index contributed by atoms with van der Waals surface area (Å²) in [6.07, 6.45) is 2.38. The van der Waals surface area contributed by atoms with Crippen LogP contribution in [0.1, 0.15) is 29.2 Å². The Hall–Kier alpha value is -1.69. The normalized spacial score (nSPS) is 18.7. The van der Waals surface area contributed by atoms with E-state index in [1.165, 1.54) is 20.0 Å². The largest absolute Gasteiger partial charge is 0.463 e. The van der Waals surface area contributed by atoms with Crippen molar-refractivity contribution in [2.24, 2.45) is 0 Å². The van der Waals surface area contributed by atoms with Crippen molar-refractivity contribution < 1.29 is 9.53 Å². The monoisotopic (exact) mass is 250 g/mol. The highest BCUT2D eigenvalue weighted by atomic mass is 16.5. The predicted octanol–water partition coefficient (Wildman–Crippen LogP) is 0.736. The number of nitrogens with zero attached hydrogens (tertiary/aromatic N) is 2. The molecule has 2 N–H and O–H groups in total. The first-order chi connectivity index (χ1) is 8.69. The fraction of sp³-hybridized carbons (Fsp3) is 0.583. The number of nitrogens with one attached hydrogen (secondary N) is 2. The molecule has 1 saturated heterocycles. The molecule has 0 saturated carbocycles. The van der Waals surface area contributed by atoms with E-state index in [4.69, 9.17) is 0 Å². The van der Waals surface area contributed by atoms with Gasteiger partial charge in [-0.1, -0.05) is 0 Å². The molecule has 18 heavy (non-hydrogen) atoms. The molecule has 2 rings (SSSR count). The van der Waals surface area contributed by atoms with Crippen molar-refractivity contribution in [1.29, 1.82) is 0 Å². The van der Waals surface area contributed by atoms with Gasteiger partial charge in [-0.3, -0.25) is 0 Å². The second-order valence-corrected chi connectivity index (χ2v) is 4.38. The molecule has 0 amide bonds. The molecule has 98 valence electrons. The third-order valence-corrected chi connectivity index (χ3v) is 2.91. The van der Waals surface area contributed by atoms with Crippen LogP contribution in [0.15, 0.2) is 6.07 Å². The average Bonchev–Trinajstić information content (AvgIpc) is 2.88. The van der Waals surface area contributed by atoms with Gasteiger partial charge >= 0.3 is 5.97 Å². The van der Waals surface area contributed by atoms with Crippen molar-refractivity contribution in [1.82, 2.24) is 15.3 Å². The molecule has 1 aliphatic rings. The van der Waals surface area contributed by atoms with Gasteiger partial charge in [0.1, 0.15) is 5.82 Å². The first kappa shape index (κ1) is 12.8. The lowest BCUT2D eigenvalue weighted by Crippen LogP contribution is -2.29. The van der Waals surface area contributed by atoms with Crippen LogP contribution in [0.4, 0.5) is 5.82 Å². The Labute approximate surface area is 106 Å². The van der Waals surface area contributed by atoms with Crippen LogP contribution in [0.3, 0.4) is 0 Å². The molecule has 1 unspecified atom stereocenters. The number of methoxy groups -OCH3 is 1. The molecular formula is C12H18N4O2. The minimum absolute atomic E-state index is 0.0966. The number of anilines is 1. The molecule has 0 aromatic carbocycles. The van der Waals surface area contributed by atoms with Gasteiger partial charge in [0.25, 0.3) is 0 Å². The molecule has 6 heteroatoms. The molecule has 0 radical (unpaired) electrons. The Morgan fingerprint density at radius 2 is 2.44 bits per heavy atom. The summed E-state index contributed by atoms with van der Waals surface area (Å²) < 4.78 is 4.62. The first-order valence-electron chi connectivity index (χ1n) is 6.10. The summed E-state index contributed by atoms with van der Waals surface area (Å²) in [7, 11) is 1.32. The van der Waals surface area contributed by atoms with Crippen molar-refractivity contribution in [2.45, 2.75) is 25.8 Å². The maximum absolute atomic E-state index is 11.4. The molecule has 1 fully saturated rings. The van der Waals surface area contributed by atoms with Gasteiger partial charge in [0.15, 0.2) is 0 Å². The van der Waals surface area contributed by atoms with Crippen molar-refractivity contribution in [3.05, 3.63) is 17.6 Å². The van der Waals surface area contributed by atoms with Crippen molar-refractivity contribution in [2.75, 3.05) is 25.5 Å². The number of hydrogen-bond acceptors (Lipinski definition) is 6. The fourth-order valence-electron chi connectivity index (χ4n) is 2.00. The topological polar surface area (TPSA) is 76.1 Å². The average molecular weight is 250 g/mol. The van der Waals surface area contributed by atoms with E-state index in [0.717, 1.165) is 18.8 Å². The van der Waals surface area contributed by atoms with E-state index in [9.17, 15) is 4.79 Å². The van der Waals surface area contributed by atoms with Gasteiger partial charge in [-0.2, -0.15) is 0 Å². The zero-order valence-corrected chi connectivity index (χ0v) is 10.7. The summed E-state index contributed by atoms with van der Waals surface area (Å²) in [5.41, 5.74) is 0.743. The second kappa shape index (κ2) is 5.77. The van der Waals surface area contributed by atoms with E-state index in [1.807, 2.05) is 13.0 Å². The number of esters is 1. The number of ether oxygens (including phenoxy) is 1. The second-order valence-electron chi connectivity index (χ2n) is 4.38. The molecule has 0 aliphatic carbocycles. The number of carbonyl (C=O) groups is 1. The number of carbonyl (C=O) groups excluding carboxylic acids is 1. The molecular weight excluding hydrogens is 232 g/mol. The standard InChI is InChI=1S/C12H18N4O2/c1-8-6-10(14-7-9-4-3-5-13-9)16-11(15-8)12(17)18-2/h6,9,13H,3-5,7H2,1-2H3,(H,14,15,16). The number of rotatable bonds is 4. The van der Waals surface area contributed by atoms with Gasteiger partial charge in [-0.15, -0.1) is 0 Å². The summed E-state index contributed by atoms with van der Waals surface area (Å²) in [6.45, 7) is 3.70. The van der Waals surface area contributed by atoms with Crippen molar-refractivity contribution in [3.63, 3.8) is 0 Å². The predicted molar refractivity (Wildman–Crippen MR) is 67.6 cm³/mol. The Morgan fingerprint density at radius 1 is 1.61 bits per heavy atom. The van der Waals surface area contributed by atoms with Crippen LogP contribution in [0, 0.1) is 6.92 Å². The van der Waals surface area contributed by atoms with Crippen LogP contribution in [-0.2, 0) is 4.74 Å². The van der Waals surface area contributed by atoms with Gasteiger partial charge in [0.2, 0.25) is 5.82 Å². The highest BCUT2D eigenvalue weighted by molar-refractivity contribution is 5.85. The molecule has 0 spiro atoms. The summed E-state index contributed by atoms with van der Waals surface area (Å²) in [5.74, 6) is 0.247. The molecule has 1 aliphatic heterocycles. The number of hydrogen-bond donors (Lipinski definition) is 2. The quantitative estimate of drug-likeness (QED) is 0.767. The van der Waals surface area contributed by atoms with Crippen LogP contribution in [-0.4, -0.2) is 42.2 Å². The van der Waals surface area contributed by atoms with Crippen LogP contribution in [0.2, 0.25) is 0 Å². The third-order valence-electron chi connectivity index (χ3n) is 2.91. The van der Waals surface area contributed by atoms with Gasteiger partial charge in [0.05, 0.1) is 7.11 Å². The Balaban J connectivity index is 2.02. The fourth-order valence-corrected chi connectivity index (χ4v) is 2.00. The number of aromatic nitrogens is 2. The SMILES string of the molecule is COC(=O)c1nc(C)cc(NCC2CCCN2)n1. The molecule has 0 bridgehead atoms. The van der Waals surface area contributed by atoms with Gasteiger partial charge in [-0.25, -0.2) is 14.8 Å². The number of aryl methyl sites for hydroxylation is 1. The summed E-state index contributed by atoms with van der Waals surface area (Å²) in [5, 5.41) is 6.62. The van der Waals surface area contributed by atoms with Crippen LogP contribution in [0.25, 0.3) is 0 Å². The summed E-state index contributed by atoms with van der Waals surface area (Å²) >= 11 is 0. The maximum atomic E-state index is 11.4. The smallest absolute Gasteiger partial charge is 0.376 e. The molecule has 1 atom stereocenters. The molecule has 1 aromatic heterocycles. The van der Waals surface area contributed by atoms with Crippen LogP contribution in [0.5, 0.6) is 0 Å². The van der Waals surface area contributed by atoms with Crippen LogP contribution < -0.4 is 10.6 Å². The van der Waals surface area contributed by atoms with Gasteiger partial charge < -0.3 is 15.4 Å². The summed E-state index contributed by atoms with van der Waals surface area (Å²) in [4.78, 5) is 19.6. The molecule has 1 aromatic rings. The van der Waals surface area contributed by atoms with Gasteiger partial charge in [0, 0.05) is 24.3 Å². The zero-order valence-electron chi connectivity index (χ0n) is 10.7. The lowest BCUT2D eigenvalue weighted by Gasteiger charge is -2.12. The lowest BCUT2D eigenvalue weighted by molar-refractivity contribution is 0.0586. The highest BCUT2D eigenvalue weighted by Crippen LogP contribution is 2.09. The molecule has 6 nitrogen and oxygen atoms in total. The van der Waals surface area contributed by atoms with E-state index >= 15 is 0 Å². The van der Waals surface area contributed by atoms with Gasteiger partial charge in [-0.05, 0) is 26.3 Å². The Kier molecular flexibility index (Phi) is 4.09. The Morgan fingerprint density at radius 3 is 3.11 bits per heavy atom. The van der Waals surface area contributed by atoms with E-state index < -0.39 is 5.97 Å². The zero-order chi connectivity index (χ0) is 13.0. The van der Waals surface area contributed by atoms with E-state index in [1.54, 1.807) is 0 Å². The van der Waals surface area contributed by atoms with Crippen LogP contribution >= 0.6 is 0 Å². The molecule has 2 heterocycles.